The Morgan fingerprint density at radius 3 is 2.17 bits per heavy atom. The van der Waals surface area contributed by atoms with Crippen LogP contribution in [0.25, 0.3) is 0 Å². The van der Waals surface area contributed by atoms with Crippen molar-refractivity contribution < 1.29 is 14.4 Å². The lowest BCUT2D eigenvalue weighted by Gasteiger charge is -2.30. The summed E-state index contributed by atoms with van der Waals surface area (Å²) in [5.41, 5.74) is 1.80. The van der Waals surface area contributed by atoms with Crippen molar-refractivity contribution >= 4 is 12.9 Å². The van der Waals surface area contributed by atoms with Crippen LogP contribution in [0.3, 0.4) is 0 Å². The van der Waals surface area contributed by atoms with Gasteiger partial charge in [0.1, 0.15) is 0 Å². The Morgan fingerprint density at radius 2 is 1.75 bits per heavy atom. The van der Waals surface area contributed by atoms with Crippen LogP contribution in [-0.2, 0) is 4.57 Å². The Hall–Kier alpha value is -0.630. The van der Waals surface area contributed by atoms with Crippen LogP contribution in [0.1, 0.15) is 11.1 Å². The van der Waals surface area contributed by atoms with E-state index in [0.29, 0.717) is 0 Å². The molecule has 0 unspecified atom stereocenters. The van der Waals surface area contributed by atoms with E-state index in [-0.39, 0.29) is 5.30 Å². The van der Waals surface area contributed by atoms with Crippen molar-refractivity contribution in [1.29, 1.82) is 0 Å². The first kappa shape index (κ1) is 9.46. The van der Waals surface area contributed by atoms with Crippen LogP contribution >= 0.6 is 7.60 Å². The molecular weight excluding hydrogens is 175 g/mol. The van der Waals surface area contributed by atoms with E-state index >= 15 is 0 Å². The highest BCUT2D eigenvalue weighted by atomic mass is 31.2. The lowest BCUT2D eigenvalue weighted by molar-refractivity contribution is -0.307. The second-order valence-corrected chi connectivity index (χ2v) is 4.28. The Labute approximate surface area is 71.2 Å². The van der Waals surface area contributed by atoms with Crippen LogP contribution in [0.2, 0.25) is 0 Å². The van der Waals surface area contributed by atoms with Crippen molar-refractivity contribution in [3.63, 3.8) is 0 Å². The monoisotopic (exact) mass is 184 g/mol. The standard InChI is InChI=1S/C8H11O3P/c1-6-3-4-8(5-7(6)2)12(9,10)11/h3-5H,1-2H3,(H2,9,10,11)/p-2. The van der Waals surface area contributed by atoms with Gasteiger partial charge >= 0.3 is 0 Å². The molecule has 0 spiro atoms. The van der Waals surface area contributed by atoms with Crippen LogP contribution in [-0.4, -0.2) is 0 Å². The third kappa shape index (κ3) is 1.95. The van der Waals surface area contributed by atoms with Gasteiger partial charge in [-0.3, -0.25) is 0 Å². The lowest BCUT2D eigenvalue weighted by Crippen LogP contribution is -2.24. The minimum absolute atomic E-state index is 0.134. The van der Waals surface area contributed by atoms with Crippen LogP contribution in [0.15, 0.2) is 18.2 Å². The van der Waals surface area contributed by atoms with Gasteiger partial charge in [0.15, 0.2) is 0 Å². The second-order valence-electron chi connectivity index (χ2n) is 2.77. The van der Waals surface area contributed by atoms with Crippen molar-refractivity contribution in [3.8, 4) is 0 Å². The zero-order valence-electron chi connectivity index (χ0n) is 6.90. The summed E-state index contributed by atoms with van der Waals surface area (Å²) < 4.78 is 10.6. The fraction of sp³-hybridized carbons (Fsp3) is 0.250. The molecule has 1 aromatic carbocycles. The van der Waals surface area contributed by atoms with Gasteiger partial charge in [0.25, 0.3) is 0 Å². The van der Waals surface area contributed by atoms with Crippen molar-refractivity contribution in [2.24, 2.45) is 0 Å². The molecule has 1 aromatic rings. The molecule has 0 aliphatic heterocycles. The summed E-state index contributed by atoms with van der Waals surface area (Å²) in [4.78, 5) is 21.1. The van der Waals surface area contributed by atoms with Gasteiger partial charge in [-0.2, -0.15) is 0 Å². The summed E-state index contributed by atoms with van der Waals surface area (Å²) in [5.74, 6) is 0. The molecule has 0 fully saturated rings. The number of hydrogen-bond donors (Lipinski definition) is 0. The third-order valence-electron chi connectivity index (χ3n) is 1.81. The molecule has 1 rings (SSSR count). The van der Waals surface area contributed by atoms with E-state index in [4.69, 9.17) is 0 Å². The first-order chi connectivity index (χ1) is 5.41. The van der Waals surface area contributed by atoms with Crippen molar-refractivity contribution in [2.45, 2.75) is 13.8 Å². The van der Waals surface area contributed by atoms with Gasteiger partial charge in [-0.25, -0.2) is 0 Å². The second kappa shape index (κ2) is 3.02. The molecule has 0 bridgehead atoms. The van der Waals surface area contributed by atoms with Crippen LogP contribution < -0.4 is 15.1 Å². The van der Waals surface area contributed by atoms with Crippen molar-refractivity contribution in [1.82, 2.24) is 0 Å². The van der Waals surface area contributed by atoms with Crippen LogP contribution in [0, 0.1) is 13.8 Å². The molecule has 0 saturated carbocycles. The molecule has 0 amide bonds. The quantitative estimate of drug-likeness (QED) is 0.570. The largest absolute Gasteiger partial charge is 0.807 e. The third-order valence-corrected chi connectivity index (χ3v) is 2.72. The zero-order valence-corrected chi connectivity index (χ0v) is 7.80. The molecule has 0 atom stereocenters. The minimum Gasteiger partial charge on any atom is -0.807 e. The number of rotatable bonds is 1. The first-order valence-corrected chi connectivity index (χ1v) is 5.05. The Kier molecular flexibility index (Phi) is 2.38. The average molecular weight is 184 g/mol. The summed E-state index contributed by atoms with van der Waals surface area (Å²) in [6, 6.07) is 4.37. The fourth-order valence-electron chi connectivity index (χ4n) is 0.896. The SMILES string of the molecule is Cc1ccc(P(=O)([O-])[O-])cc1C. The highest BCUT2D eigenvalue weighted by Gasteiger charge is 1.98. The number of hydrogen-bond acceptors (Lipinski definition) is 3. The zero-order chi connectivity index (χ0) is 9.35. The van der Waals surface area contributed by atoms with Gasteiger partial charge in [-0.05, 0) is 37.9 Å². The Bertz CT molecular complexity index is 340. The van der Waals surface area contributed by atoms with Gasteiger partial charge in [-0.1, -0.05) is 18.2 Å². The lowest BCUT2D eigenvalue weighted by atomic mass is 10.1. The highest BCUT2D eigenvalue weighted by Crippen LogP contribution is 2.22. The molecule has 4 heteroatoms. The van der Waals surface area contributed by atoms with E-state index < -0.39 is 7.60 Å². The molecule has 0 heterocycles. The van der Waals surface area contributed by atoms with E-state index in [9.17, 15) is 14.4 Å². The molecule has 0 aromatic heterocycles. The first-order valence-electron chi connectivity index (χ1n) is 3.51. The van der Waals surface area contributed by atoms with Gasteiger partial charge in [0.05, 0.1) is 0 Å². The number of benzene rings is 1. The topological polar surface area (TPSA) is 63.2 Å². The Morgan fingerprint density at radius 1 is 1.17 bits per heavy atom. The highest BCUT2D eigenvalue weighted by molar-refractivity contribution is 7.57. The van der Waals surface area contributed by atoms with Crippen molar-refractivity contribution in [2.75, 3.05) is 0 Å². The summed E-state index contributed by atoms with van der Waals surface area (Å²) in [7, 11) is -4.56. The maximum Gasteiger partial charge on any atom is -0.0154 e. The van der Waals surface area contributed by atoms with Crippen LogP contribution in [0.5, 0.6) is 0 Å². The number of aryl methyl sites for hydroxylation is 2. The molecule has 66 valence electrons. The predicted octanol–water partition coefficient (Wildman–Crippen LogP) is -0.158. The van der Waals surface area contributed by atoms with E-state index in [0.717, 1.165) is 11.1 Å². The molecule has 0 saturated heterocycles. The van der Waals surface area contributed by atoms with Gasteiger partial charge in [0.2, 0.25) is 0 Å². The maximum atomic E-state index is 10.6. The average Bonchev–Trinajstić information content (AvgIpc) is 1.92. The predicted molar refractivity (Wildman–Crippen MR) is 43.2 cm³/mol. The van der Waals surface area contributed by atoms with Crippen LogP contribution in [0.4, 0.5) is 0 Å². The smallest absolute Gasteiger partial charge is 0.0154 e. The van der Waals surface area contributed by atoms with Gasteiger partial charge in [-0.15, -0.1) is 0 Å². The summed E-state index contributed by atoms with van der Waals surface area (Å²) in [6.07, 6.45) is 0. The van der Waals surface area contributed by atoms with E-state index in [1.807, 2.05) is 6.92 Å². The molecule has 0 aliphatic rings. The molecular formula is C8H9O3P-2. The van der Waals surface area contributed by atoms with Crippen molar-refractivity contribution in [3.05, 3.63) is 29.3 Å². The minimum atomic E-state index is -4.56. The Balaban J connectivity index is 3.23. The van der Waals surface area contributed by atoms with Gasteiger partial charge < -0.3 is 14.4 Å². The fourth-order valence-corrected chi connectivity index (χ4v) is 1.50. The summed E-state index contributed by atoms with van der Waals surface area (Å²) in [5, 5.41) is -0.134. The molecule has 0 N–H and O–H groups in total. The normalized spacial score (nSPS) is 11.7. The van der Waals surface area contributed by atoms with E-state index in [1.165, 1.54) is 12.1 Å². The van der Waals surface area contributed by atoms with E-state index in [2.05, 4.69) is 0 Å². The molecule has 12 heavy (non-hydrogen) atoms. The molecule has 0 aliphatic carbocycles. The molecule has 3 nitrogen and oxygen atoms in total. The van der Waals surface area contributed by atoms with Gasteiger partial charge in [0, 0.05) is 0 Å². The maximum absolute atomic E-state index is 10.6. The van der Waals surface area contributed by atoms with E-state index in [1.54, 1.807) is 13.0 Å². The summed E-state index contributed by atoms with van der Waals surface area (Å²) >= 11 is 0. The molecule has 0 radical (unpaired) electrons. The summed E-state index contributed by atoms with van der Waals surface area (Å²) in [6.45, 7) is 3.63.